The Bertz CT molecular complexity index is 521. The first kappa shape index (κ1) is 14.8. The molecule has 0 spiro atoms. The summed E-state index contributed by atoms with van der Waals surface area (Å²) < 4.78 is 0. The first-order valence-electron chi connectivity index (χ1n) is 6.17. The van der Waals surface area contributed by atoms with Crippen LogP contribution in [-0.2, 0) is 4.79 Å². The van der Waals surface area contributed by atoms with E-state index in [-0.39, 0.29) is 12.5 Å². The monoisotopic (exact) mass is 261 g/mol. The Hall–Kier alpha value is -2.21. The Morgan fingerprint density at radius 1 is 1.37 bits per heavy atom. The summed E-state index contributed by atoms with van der Waals surface area (Å²) in [5.41, 5.74) is 7.93. The molecule has 2 rings (SSSR count). The molecule has 2 aromatic rings. The fourth-order valence-electron chi connectivity index (χ4n) is 1.50. The lowest BCUT2D eigenvalue weighted by Gasteiger charge is -2.01. The number of nitrogens with zero attached hydrogens (tertiary/aromatic N) is 2. The van der Waals surface area contributed by atoms with Gasteiger partial charge in [-0.05, 0) is 19.1 Å². The molecule has 2 heterocycles. The molecule has 0 aliphatic heterocycles. The standard InChI is InChI=1S/C11H13N5O.C2H6/c1-7-10(8-2-4-13-5-3-8)15-16-11(7)14-9(17)6-12;1-2/h2-5H,6,12H2,1H3,(H2,14,15,16,17);1-2H3. The summed E-state index contributed by atoms with van der Waals surface area (Å²) in [6, 6.07) is 3.74. The van der Waals surface area contributed by atoms with Crippen molar-refractivity contribution in [3.63, 3.8) is 0 Å². The maximum absolute atomic E-state index is 11.2. The summed E-state index contributed by atoms with van der Waals surface area (Å²) >= 11 is 0. The molecule has 0 saturated heterocycles. The first-order valence-corrected chi connectivity index (χ1v) is 6.17. The molecule has 2 aromatic heterocycles. The molecule has 0 radical (unpaired) electrons. The second kappa shape index (κ2) is 7.27. The van der Waals surface area contributed by atoms with Crippen LogP contribution in [0, 0.1) is 6.92 Å². The molecule has 102 valence electrons. The largest absolute Gasteiger partial charge is 0.322 e. The molecule has 6 nitrogen and oxygen atoms in total. The molecular formula is C13H19N5O. The number of rotatable bonds is 3. The van der Waals surface area contributed by atoms with Gasteiger partial charge < -0.3 is 11.1 Å². The van der Waals surface area contributed by atoms with Gasteiger partial charge in [-0.2, -0.15) is 5.10 Å². The summed E-state index contributed by atoms with van der Waals surface area (Å²) in [5, 5.41) is 9.56. The molecule has 0 bridgehead atoms. The van der Waals surface area contributed by atoms with Gasteiger partial charge in [0.2, 0.25) is 5.91 Å². The highest BCUT2D eigenvalue weighted by molar-refractivity contribution is 5.92. The van der Waals surface area contributed by atoms with Crippen molar-refractivity contribution in [3.05, 3.63) is 30.1 Å². The van der Waals surface area contributed by atoms with Gasteiger partial charge in [-0.1, -0.05) is 13.8 Å². The van der Waals surface area contributed by atoms with Crippen LogP contribution in [0.25, 0.3) is 11.3 Å². The van der Waals surface area contributed by atoms with Gasteiger partial charge in [0, 0.05) is 23.5 Å². The molecule has 19 heavy (non-hydrogen) atoms. The molecule has 1 amide bonds. The molecule has 0 saturated carbocycles. The molecule has 6 heteroatoms. The number of anilines is 1. The van der Waals surface area contributed by atoms with Gasteiger partial charge in [-0.15, -0.1) is 0 Å². The number of carbonyl (C=O) groups excluding carboxylic acids is 1. The fourth-order valence-corrected chi connectivity index (χ4v) is 1.50. The third-order valence-corrected chi connectivity index (χ3v) is 2.42. The van der Waals surface area contributed by atoms with E-state index in [2.05, 4.69) is 20.5 Å². The summed E-state index contributed by atoms with van der Waals surface area (Å²) in [7, 11) is 0. The van der Waals surface area contributed by atoms with E-state index < -0.39 is 0 Å². The van der Waals surface area contributed by atoms with Crippen LogP contribution in [0.1, 0.15) is 19.4 Å². The third-order valence-electron chi connectivity index (χ3n) is 2.42. The number of H-pyrrole nitrogens is 1. The average Bonchev–Trinajstić information content (AvgIpc) is 2.83. The smallest absolute Gasteiger partial charge is 0.239 e. The van der Waals surface area contributed by atoms with E-state index in [1.807, 2.05) is 32.9 Å². The quantitative estimate of drug-likeness (QED) is 0.783. The zero-order valence-corrected chi connectivity index (χ0v) is 11.4. The van der Waals surface area contributed by atoms with Crippen molar-refractivity contribution in [1.29, 1.82) is 0 Å². The molecule has 0 atom stereocenters. The summed E-state index contributed by atoms with van der Waals surface area (Å²) in [6.45, 7) is 5.82. The normalized spacial score (nSPS) is 9.47. The van der Waals surface area contributed by atoms with Crippen molar-refractivity contribution >= 4 is 11.7 Å². The van der Waals surface area contributed by atoms with Gasteiger partial charge >= 0.3 is 0 Å². The number of carbonyl (C=O) groups is 1. The van der Waals surface area contributed by atoms with Gasteiger partial charge in [-0.3, -0.25) is 14.9 Å². The minimum Gasteiger partial charge on any atom is -0.322 e. The first-order chi connectivity index (χ1) is 9.22. The minimum absolute atomic E-state index is 0.0586. The van der Waals surface area contributed by atoms with Crippen LogP contribution in [0.15, 0.2) is 24.5 Å². The predicted molar refractivity (Wildman–Crippen MR) is 75.6 cm³/mol. The fraction of sp³-hybridized carbons (Fsp3) is 0.308. The number of nitrogens with two attached hydrogens (primary N) is 1. The number of hydrogen-bond donors (Lipinski definition) is 3. The van der Waals surface area contributed by atoms with Crippen LogP contribution in [0.2, 0.25) is 0 Å². The van der Waals surface area contributed by atoms with Gasteiger partial charge in [0.1, 0.15) is 0 Å². The Labute approximate surface area is 112 Å². The van der Waals surface area contributed by atoms with Crippen LogP contribution in [-0.4, -0.2) is 27.6 Å². The zero-order valence-electron chi connectivity index (χ0n) is 11.4. The lowest BCUT2D eigenvalue weighted by molar-refractivity contribution is -0.114. The Balaban J connectivity index is 0.000000861. The highest BCUT2D eigenvalue weighted by Gasteiger charge is 2.11. The maximum atomic E-state index is 11.2. The third kappa shape index (κ3) is 3.62. The molecule has 4 N–H and O–H groups in total. The molecule has 0 aliphatic carbocycles. The maximum Gasteiger partial charge on any atom is 0.239 e. The molecule has 0 fully saturated rings. The van der Waals surface area contributed by atoms with E-state index in [0.717, 1.165) is 16.8 Å². The van der Waals surface area contributed by atoms with E-state index >= 15 is 0 Å². The topological polar surface area (TPSA) is 96.7 Å². The van der Waals surface area contributed by atoms with Crippen LogP contribution < -0.4 is 11.1 Å². The lowest BCUT2D eigenvalue weighted by atomic mass is 10.1. The average molecular weight is 261 g/mol. The van der Waals surface area contributed by atoms with E-state index in [1.54, 1.807) is 12.4 Å². The van der Waals surface area contributed by atoms with Crippen LogP contribution in [0.5, 0.6) is 0 Å². The van der Waals surface area contributed by atoms with Crippen molar-refractivity contribution in [2.24, 2.45) is 5.73 Å². The minimum atomic E-state index is -0.263. The number of hydrogen-bond acceptors (Lipinski definition) is 4. The van der Waals surface area contributed by atoms with E-state index in [4.69, 9.17) is 5.73 Å². The molecular weight excluding hydrogens is 242 g/mol. The van der Waals surface area contributed by atoms with Gasteiger partial charge in [0.05, 0.1) is 12.2 Å². The van der Waals surface area contributed by atoms with Crippen LogP contribution in [0.3, 0.4) is 0 Å². The predicted octanol–water partition coefficient (Wildman–Crippen LogP) is 1.70. The highest BCUT2D eigenvalue weighted by Crippen LogP contribution is 2.24. The van der Waals surface area contributed by atoms with Crippen LogP contribution >= 0.6 is 0 Å². The lowest BCUT2D eigenvalue weighted by Crippen LogP contribution is -2.22. The van der Waals surface area contributed by atoms with Gasteiger partial charge in [-0.25, -0.2) is 0 Å². The van der Waals surface area contributed by atoms with Gasteiger partial charge in [0.15, 0.2) is 5.82 Å². The second-order valence-corrected chi connectivity index (χ2v) is 3.56. The van der Waals surface area contributed by atoms with Crippen molar-refractivity contribution in [2.75, 3.05) is 11.9 Å². The molecule has 0 aliphatic rings. The highest BCUT2D eigenvalue weighted by atomic mass is 16.1. The van der Waals surface area contributed by atoms with Gasteiger partial charge in [0.25, 0.3) is 0 Å². The SMILES string of the molecule is CC.Cc1c(NC(=O)CN)n[nH]c1-c1ccncc1. The Morgan fingerprint density at radius 2 is 2.00 bits per heavy atom. The van der Waals surface area contributed by atoms with Crippen molar-refractivity contribution in [1.82, 2.24) is 15.2 Å². The summed E-state index contributed by atoms with van der Waals surface area (Å²) in [6.07, 6.45) is 3.40. The number of aromatic amines is 1. The van der Waals surface area contributed by atoms with Crippen molar-refractivity contribution in [3.8, 4) is 11.3 Å². The van der Waals surface area contributed by atoms with E-state index in [9.17, 15) is 4.79 Å². The van der Waals surface area contributed by atoms with Crippen molar-refractivity contribution < 1.29 is 4.79 Å². The Kier molecular flexibility index (Phi) is 5.69. The summed E-state index contributed by atoms with van der Waals surface area (Å²) in [5.74, 6) is 0.244. The Morgan fingerprint density at radius 3 is 2.58 bits per heavy atom. The number of aromatic nitrogens is 3. The van der Waals surface area contributed by atoms with E-state index in [1.165, 1.54) is 0 Å². The van der Waals surface area contributed by atoms with Crippen LogP contribution in [0.4, 0.5) is 5.82 Å². The molecule has 0 aromatic carbocycles. The van der Waals surface area contributed by atoms with E-state index in [0.29, 0.717) is 5.82 Å². The number of pyridine rings is 1. The summed E-state index contributed by atoms with van der Waals surface area (Å²) in [4.78, 5) is 15.1. The van der Waals surface area contributed by atoms with Crippen molar-refractivity contribution in [2.45, 2.75) is 20.8 Å². The second-order valence-electron chi connectivity index (χ2n) is 3.56. The number of amides is 1. The number of nitrogens with one attached hydrogen (secondary N) is 2. The molecule has 0 unspecified atom stereocenters. The zero-order chi connectivity index (χ0) is 14.3.